The van der Waals surface area contributed by atoms with Crippen molar-refractivity contribution in [3.8, 4) is 0 Å². The number of hydrogen-bond donors (Lipinski definition) is 0. The summed E-state index contributed by atoms with van der Waals surface area (Å²) in [6, 6.07) is 0. The molecule has 1 fully saturated rings. The highest BCUT2D eigenvalue weighted by Crippen LogP contribution is 2.32. The Balaban J connectivity index is 2.61. The summed E-state index contributed by atoms with van der Waals surface area (Å²) in [5.74, 6) is -1.64. The first-order valence-electron chi connectivity index (χ1n) is 6.46. The number of Topliss-reactive ketones (excluding diaryl/α,β-unsaturated/α-hetero) is 1. The van der Waals surface area contributed by atoms with E-state index in [0.29, 0.717) is 12.8 Å². The molecule has 0 aromatic heterocycles. The van der Waals surface area contributed by atoms with Crippen molar-refractivity contribution in [1.82, 2.24) is 0 Å². The van der Waals surface area contributed by atoms with Gasteiger partial charge in [-0.2, -0.15) is 0 Å². The van der Waals surface area contributed by atoms with Crippen LogP contribution in [0, 0.1) is 5.92 Å². The summed E-state index contributed by atoms with van der Waals surface area (Å²) < 4.78 is 9.61. The van der Waals surface area contributed by atoms with Gasteiger partial charge in [-0.1, -0.05) is 25.5 Å². The molecule has 1 aliphatic carbocycles. The molecule has 0 aliphatic heterocycles. The van der Waals surface area contributed by atoms with Gasteiger partial charge in [-0.15, -0.1) is 0 Å². The van der Waals surface area contributed by atoms with E-state index < -0.39 is 30.4 Å². The normalized spacial score (nSPS) is 22.1. The lowest BCUT2D eigenvalue weighted by molar-refractivity contribution is -0.157. The first-order valence-corrected chi connectivity index (χ1v) is 6.46. The van der Waals surface area contributed by atoms with Gasteiger partial charge in [-0.25, -0.2) is 0 Å². The van der Waals surface area contributed by atoms with Crippen LogP contribution in [0.5, 0.6) is 0 Å². The molecular formula is C14H20O5. The van der Waals surface area contributed by atoms with Gasteiger partial charge < -0.3 is 9.47 Å². The maximum Gasteiger partial charge on any atom is 0.317 e. The molecule has 2 atom stereocenters. The fourth-order valence-corrected chi connectivity index (χ4v) is 2.31. The maximum absolute atomic E-state index is 11.8. The standard InChI is InChI=1S/C14H20O5/c1-4-5-9(2)14-10(15)6-7-11(14)19-13(17)8-12(16)18-3/h11,14H,2,4-8H2,1,3H3/t11-,14+/m1/s1. The Morgan fingerprint density at radius 1 is 1.37 bits per heavy atom. The van der Waals surface area contributed by atoms with Gasteiger partial charge >= 0.3 is 11.9 Å². The van der Waals surface area contributed by atoms with E-state index in [1.54, 1.807) is 0 Å². The van der Waals surface area contributed by atoms with E-state index >= 15 is 0 Å². The number of ether oxygens (including phenoxy) is 2. The number of rotatable bonds is 6. The van der Waals surface area contributed by atoms with Crippen LogP contribution >= 0.6 is 0 Å². The lowest BCUT2D eigenvalue weighted by atomic mass is 9.92. The van der Waals surface area contributed by atoms with Gasteiger partial charge in [0, 0.05) is 6.42 Å². The minimum absolute atomic E-state index is 0.0642. The van der Waals surface area contributed by atoms with Crippen LogP contribution in [0.25, 0.3) is 0 Å². The summed E-state index contributed by atoms with van der Waals surface area (Å²) in [4.78, 5) is 34.3. The third kappa shape index (κ3) is 4.19. The molecule has 0 amide bonds. The van der Waals surface area contributed by atoms with Gasteiger partial charge in [-0.05, 0) is 12.8 Å². The van der Waals surface area contributed by atoms with Gasteiger partial charge in [0.05, 0.1) is 13.0 Å². The molecule has 0 radical (unpaired) electrons. The Labute approximate surface area is 112 Å². The topological polar surface area (TPSA) is 69.7 Å². The highest BCUT2D eigenvalue weighted by Gasteiger charge is 2.38. The first-order chi connectivity index (χ1) is 8.99. The summed E-state index contributed by atoms with van der Waals surface area (Å²) in [6.07, 6.45) is 1.62. The molecule has 5 heteroatoms. The van der Waals surface area contributed by atoms with Crippen molar-refractivity contribution < 1.29 is 23.9 Å². The van der Waals surface area contributed by atoms with E-state index in [-0.39, 0.29) is 5.78 Å². The van der Waals surface area contributed by atoms with Crippen LogP contribution < -0.4 is 0 Å². The molecule has 0 unspecified atom stereocenters. The van der Waals surface area contributed by atoms with Crippen LogP contribution in [0.2, 0.25) is 0 Å². The van der Waals surface area contributed by atoms with Gasteiger partial charge in [0.2, 0.25) is 0 Å². The molecule has 0 saturated heterocycles. The summed E-state index contributed by atoms with van der Waals surface area (Å²) in [7, 11) is 1.21. The van der Waals surface area contributed by atoms with Crippen molar-refractivity contribution in [2.75, 3.05) is 7.11 Å². The summed E-state index contributed by atoms with van der Waals surface area (Å²) in [5.41, 5.74) is 0.806. The van der Waals surface area contributed by atoms with Gasteiger partial charge in [0.25, 0.3) is 0 Å². The molecule has 0 aromatic rings. The molecule has 0 bridgehead atoms. The molecule has 0 N–H and O–H groups in total. The summed E-state index contributed by atoms with van der Waals surface area (Å²) >= 11 is 0. The number of methoxy groups -OCH3 is 1. The summed E-state index contributed by atoms with van der Waals surface area (Å²) in [6.45, 7) is 5.91. The predicted molar refractivity (Wildman–Crippen MR) is 68.3 cm³/mol. The van der Waals surface area contributed by atoms with Gasteiger partial charge in [0.15, 0.2) is 0 Å². The van der Waals surface area contributed by atoms with E-state index in [9.17, 15) is 14.4 Å². The monoisotopic (exact) mass is 268 g/mol. The lowest BCUT2D eigenvalue weighted by Gasteiger charge is -2.20. The zero-order valence-corrected chi connectivity index (χ0v) is 11.4. The second kappa shape index (κ2) is 7.07. The first kappa shape index (κ1) is 15.4. The lowest BCUT2D eigenvalue weighted by Crippen LogP contribution is -2.27. The quantitative estimate of drug-likeness (QED) is 0.417. The van der Waals surface area contributed by atoms with Crippen LogP contribution in [0.1, 0.15) is 39.0 Å². The number of esters is 2. The van der Waals surface area contributed by atoms with E-state index in [0.717, 1.165) is 18.4 Å². The maximum atomic E-state index is 11.8. The largest absolute Gasteiger partial charge is 0.469 e. The van der Waals surface area contributed by atoms with Crippen LogP contribution in [0.3, 0.4) is 0 Å². The van der Waals surface area contributed by atoms with Crippen molar-refractivity contribution in [2.24, 2.45) is 5.92 Å². The highest BCUT2D eigenvalue weighted by atomic mass is 16.6. The second-order valence-electron chi connectivity index (χ2n) is 4.67. The van der Waals surface area contributed by atoms with E-state index in [4.69, 9.17) is 4.74 Å². The Kier molecular flexibility index (Phi) is 5.73. The molecule has 19 heavy (non-hydrogen) atoms. The number of ketones is 1. The molecule has 106 valence electrons. The number of hydrogen-bond acceptors (Lipinski definition) is 5. The van der Waals surface area contributed by atoms with Crippen molar-refractivity contribution >= 4 is 17.7 Å². The molecule has 1 saturated carbocycles. The SMILES string of the molecule is C=C(CCC)[C@H]1C(=O)CC[C@H]1OC(=O)CC(=O)OC. The third-order valence-electron chi connectivity index (χ3n) is 3.20. The minimum Gasteiger partial charge on any atom is -0.469 e. The smallest absolute Gasteiger partial charge is 0.317 e. The fraction of sp³-hybridized carbons (Fsp3) is 0.643. The average Bonchev–Trinajstić information content (AvgIpc) is 2.70. The van der Waals surface area contributed by atoms with Crippen molar-refractivity contribution in [3.05, 3.63) is 12.2 Å². The van der Waals surface area contributed by atoms with Crippen molar-refractivity contribution in [2.45, 2.75) is 45.1 Å². The molecule has 1 rings (SSSR count). The van der Waals surface area contributed by atoms with Crippen molar-refractivity contribution in [1.29, 1.82) is 0 Å². The van der Waals surface area contributed by atoms with Crippen LogP contribution in [-0.2, 0) is 23.9 Å². The fourth-order valence-electron chi connectivity index (χ4n) is 2.31. The Morgan fingerprint density at radius 3 is 2.63 bits per heavy atom. The number of carbonyl (C=O) groups is 3. The van der Waals surface area contributed by atoms with Crippen LogP contribution in [0.4, 0.5) is 0 Å². The molecule has 5 nitrogen and oxygen atoms in total. The highest BCUT2D eigenvalue weighted by molar-refractivity contribution is 5.92. The third-order valence-corrected chi connectivity index (χ3v) is 3.20. The zero-order chi connectivity index (χ0) is 14.4. The van der Waals surface area contributed by atoms with E-state index in [1.165, 1.54) is 7.11 Å². The zero-order valence-electron chi connectivity index (χ0n) is 11.4. The Bertz CT molecular complexity index is 385. The average molecular weight is 268 g/mol. The van der Waals surface area contributed by atoms with Crippen molar-refractivity contribution in [3.63, 3.8) is 0 Å². The molecular weight excluding hydrogens is 248 g/mol. The molecule has 0 heterocycles. The predicted octanol–water partition coefficient (Wildman–Crippen LogP) is 1.80. The van der Waals surface area contributed by atoms with E-state index in [1.807, 2.05) is 6.92 Å². The second-order valence-corrected chi connectivity index (χ2v) is 4.67. The molecule has 0 spiro atoms. The Hall–Kier alpha value is -1.65. The van der Waals surface area contributed by atoms with E-state index in [2.05, 4.69) is 11.3 Å². The van der Waals surface area contributed by atoms with Crippen LogP contribution in [0.15, 0.2) is 12.2 Å². The minimum atomic E-state index is -0.652. The van der Waals surface area contributed by atoms with Crippen LogP contribution in [-0.4, -0.2) is 30.9 Å². The molecule has 1 aliphatic rings. The summed E-state index contributed by atoms with van der Waals surface area (Å²) in [5, 5.41) is 0. The van der Waals surface area contributed by atoms with Gasteiger partial charge in [0.1, 0.15) is 18.3 Å². The Morgan fingerprint density at radius 2 is 2.05 bits per heavy atom. The van der Waals surface area contributed by atoms with Gasteiger partial charge in [-0.3, -0.25) is 14.4 Å². The molecule has 0 aromatic carbocycles. The number of carbonyl (C=O) groups excluding carboxylic acids is 3.